The van der Waals surface area contributed by atoms with Crippen molar-refractivity contribution in [2.45, 2.75) is 0 Å². The largest absolute Gasteiger partial charge is 0.782 e. The van der Waals surface area contributed by atoms with Crippen LogP contribution in [0, 0.1) is 0 Å². The van der Waals surface area contributed by atoms with Gasteiger partial charge < -0.3 is 4.55 Å². The summed E-state index contributed by atoms with van der Waals surface area (Å²) in [6, 6.07) is 0. The first-order valence-corrected chi connectivity index (χ1v) is 1.71. The van der Waals surface area contributed by atoms with Crippen molar-refractivity contribution in [1.29, 1.82) is 0 Å². The Labute approximate surface area is 27.8 Å². The van der Waals surface area contributed by atoms with Gasteiger partial charge >= 0.3 is 0 Å². The zero-order valence-electron chi connectivity index (χ0n) is 1.80. The van der Waals surface area contributed by atoms with E-state index < -0.39 is 10.9 Å². The van der Waals surface area contributed by atoms with Crippen molar-refractivity contribution in [3.05, 3.63) is 0 Å². The van der Waals surface area contributed by atoms with E-state index in [-0.39, 0.29) is 0 Å². The van der Waals surface area contributed by atoms with Crippen LogP contribution in [-0.4, -0.2) is 15.9 Å². The van der Waals surface area contributed by atoms with Crippen LogP contribution in [0.1, 0.15) is 0 Å². The second kappa shape index (κ2) is 1.49. The minimum atomic E-state index is -2.36. The molecule has 0 aromatic rings. The summed E-state index contributed by atoms with van der Waals surface area (Å²) in [4.78, 5) is 0. The Morgan fingerprint density at radius 1 is 2.00 bits per heavy atom. The minimum absolute atomic E-state index is 2.36. The predicted molar refractivity (Wildman–Crippen MR) is 14.7 cm³/mol. The second-order valence-corrected chi connectivity index (χ2v) is 0.781. The average molecular weight is 74.9 g/mol. The Balaban J connectivity index is 2.80. The van der Waals surface area contributed by atoms with E-state index in [2.05, 4.69) is 7.12 Å². The number of rotatable bonds is 0. The first-order valence-electron chi connectivity index (χ1n) is 0.569. The van der Waals surface area contributed by atoms with Crippen molar-refractivity contribution < 1.29 is 8.76 Å². The van der Waals surface area contributed by atoms with Crippen molar-refractivity contribution in [1.82, 2.24) is 0 Å². The predicted octanol–water partition coefficient (Wildman–Crippen LogP) is -1.05. The third-order valence-corrected chi connectivity index (χ3v) is 0. The topological polar surface area (TPSA) is 40.1 Å². The zero-order valence-corrected chi connectivity index (χ0v) is 2.62. The molecular weight excluding hydrogens is 74.9 g/mol. The van der Waals surface area contributed by atoms with Gasteiger partial charge in [-0.2, -0.15) is 0 Å². The van der Waals surface area contributed by atoms with E-state index in [0.717, 1.165) is 0 Å². The molecule has 0 N–H and O–H groups in total. The highest BCUT2D eigenvalue weighted by molar-refractivity contribution is 8.01. The van der Waals surface area contributed by atoms with Crippen LogP contribution in [0.4, 0.5) is 0 Å². The maximum absolute atomic E-state index is 8.78. The lowest BCUT2D eigenvalue weighted by Crippen LogP contribution is -1.77. The van der Waals surface area contributed by atoms with Crippen LogP contribution < -0.4 is 0 Å². The van der Waals surface area contributed by atoms with Crippen molar-refractivity contribution in [2.75, 3.05) is 0 Å². The fourth-order valence-corrected chi connectivity index (χ4v) is 0. The van der Waals surface area contributed by atoms with Crippen molar-refractivity contribution >= 4 is 18.1 Å². The highest BCUT2D eigenvalue weighted by atomic mass is 32.2. The van der Waals surface area contributed by atoms with Gasteiger partial charge in [-0.3, -0.25) is 4.21 Å². The lowest BCUT2D eigenvalue weighted by molar-refractivity contribution is 0.552. The molecule has 0 aromatic heterocycles. The van der Waals surface area contributed by atoms with Crippen LogP contribution in [-0.2, 0) is 10.9 Å². The van der Waals surface area contributed by atoms with E-state index in [4.69, 9.17) is 8.76 Å². The lowest BCUT2D eigenvalue weighted by atomic mass is 10.8. The van der Waals surface area contributed by atoms with Crippen LogP contribution in [0.3, 0.4) is 0 Å². The molecule has 0 fully saturated rings. The molecule has 0 spiro atoms. The Kier molecular flexibility index (Phi) is 1.56. The molecule has 1 atom stereocenters. The molecular formula is BO2S-. The lowest BCUT2D eigenvalue weighted by Gasteiger charge is -1.86. The standard InChI is InChI=1S/BHO2S/c1-4(2)3/h(H,2,3)/p-1. The van der Waals surface area contributed by atoms with E-state index in [1.165, 1.54) is 0 Å². The van der Waals surface area contributed by atoms with Gasteiger partial charge in [0.05, 0.1) is 0 Å². The molecule has 22 valence electrons. The molecule has 0 heterocycles. The summed E-state index contributed by atoms with van der Waals surface area (Å²) in [5.41, 5.74) is 0. The summed E-state index contributed by atoms with van der Waals surface area (Å²) >= 11 is 0. The zero-order chi connectivity index (χ0) is 3.58. The third kappa shape index (κ3) is 98.1. The van der Waals surface area contributed by atoms with Crippen molar-refractivity contribution in [3.63, 3.8) is 0 Å². The Bertz CT molecular complexity index is 29.0. The molecule has 4 heavy (non-hydrogen) atoms. The maximum atomic E-state index is 8.78. The summed E-state index contributed by atoms with van der Waals surface area (Å²) in [7, 11) is 1.67. The molecule has 0 amide bonds. The summed E-state index contributed by atoms with van der Waals surface area (Å²) in [6.07, 6.45) is 0. The SMILES string of the molecule is [B]S(=O)[O-]. The van der Waals surface area contributed by atoms with Gasteiger partial charge in [0, 0.05) is 0 Å². The highest BCUT2D eigenvalue weighted by Crippen LogP contribution is 1.41. The average Bonchev–Trinajstić information content (AvgIpc) is 0.811. The molecule has 0 rings (SSSR count). The Morgan fingerprint density at radius 3 is 2.00 bits per heavy atom. The van der Waals surface area contributed by atoms with Crippen LogP contribution in [0.2, 0.25) is 0 Å². The van der Waals surface area contributed by atoms with Gasteiger partial charge in [0.15, 0.2) is 7.12 Å². The van der Waals surface area contributed by atoms with Gasteiger partial charge in [-0.05, 0) is 0 Å². The fourth-order valence-electron chi connectivity index (χ4n) is 0. The van der Waals surface area contributed by atoms with Crippen molar-refractivity contribution in [3.8, 4) is 0 Å². The Hall–Kier alpha value is 0.175. The first kappa shape index (κ1) is 4.17. The van der Waals surface area contributed by atoms with E-state index in [9.17, 15) is 0 Å². The van der Waals surface area contributed by atoms with E-state index >= 15 is 0 Å². The molecule has 0 aromatic carbocycles. The number of hydrogen-bond acceptors (Lipinski definition) is 2. The summed E-state index contributed by atoms with van der Waals surface area (Å²) in [6.45, 7) is 0. The third-order valence-electron chi connectivity index (χ3n) is 0. The highest BCUT2D eigenvalue weighted by Gasteiger charge is 1.43. The van der Waals surface area contributed by atoms with Gasteiger partial charge in [-0.15, -0.1) is 10.9 Å². The van der Waals surface area contributed by atoms with Crippen LogP contribution >= 0.6 is 0 Å². The van der Waals surface area contributed by atoms with Gasteiger partial charge in [-0.1, -0.05) is 0 Å². The molecule has 0 saturated carbocycles. The molecule has 2 radical (unpaired) electrons. The molecule has 0 aliphatic heterocycles. The first-order chi connectivity index (χ1) is 1.73. The van der Waals surface area contributed by atoms with Crippen LogP contribution in [0.5, 0.6) is 0 Å². The minimum Gasteiger partial charge on any atom is -0.782 e. The molecule has 0 bridgehead atoms. The van der Waals surface area contributed by atoms with Gasteiger partial charge in [0.1, 0.15) is 0 Å². The number of hydrogen-bond donors (Lipinski definition) is 0. The summed E-state index contributed by atoms with van der Waals surface area (Å²) in [5.74, 6) is 0. The second-order valence-electron chi connectivity index (χ2n) is 0.260. The molecule has 4 heteroatoms. The maximum Gasteiger partial charge on any atom is 0.188 e. The van der Waals surface area contributed by atoms with Gasteiger partial charge in [-0.25, -0.2) is 0 Å². The van der Waals surface area contributed by atoms with Crippen LogP contribution in [0.25, 0.3) is 0 Å². The smallest absolute Gasteiger partial charge is 0.188 e. The van der Waals surface area contributed by atoms with Gasteiger partial charge in [0.25, 0.3) is 0 Å². The normalized spacial score (nSPS) is 15.2. The van der Waals surface area contributed by atoms with Crippen molar-refractivity contribution in [2.24, 2.45) is 0 Å². The molecule has 0 aliphatic rings. The fraction of sp³-hybridized carbons (Fsp3) is 0. The molecule has 1 unspecified atom stereocenters. The van der Waals surface area contributed by atoms with Gasteiger partial charge in [0.2, 0.25) is 0 Å². The Morgan fingerprint density at radius 2 is 2.00 bits per heavy atom. The molecule has 0 aliphatic carbocycles. The van der Waals surface area contributed by atoms with E-state index in [1.807, 2.05) is 0 Å². The quantitative estimate of drug-likeness (QED) is 0.272. The van der Waals surface area contributed by atoms with E-state index in [1.54, 1.807) is 0 Å². The monoisotopic (exact) mass is 75.0 g/mol. The summed E-state index contributed by atoms with van der Waals surface area (Å²) in [5, 5.41) is 0. The van der Waals surface area contributed by atoms with E-state index in [0.29, 0.717) is 0 Å². The summed E-state index contributed by atoms with van der Waals surface area (Å²) < 4.78 is 17.6. The molecule has 0 saturated heterocycles. The van der Waals surface area contributed by atoms with Crippen LogP contribution in [0.15, 0.2) is 0 Å². The molecule has 2 nitrogen and oxygen atoms in total.